The van der Waals surface area contributed by atoms with Gasteiger partial charge < -0.3 is 14.4 Å². The van der Waals surface area contributed by atoms with Crippen molar-refractivity contribution in [1.29, 1.82) is 0 Å². The number of rotatable bonds is 1. The molecule has 2 bridgehead atoms. The molecule has 1 atom stereocenters. The molecular weight excluding hydrogens is 286 g/mol. The molecule has 23 heavy (non-hydrogen) atoms. The smallest absolute Gasteiger partial charge is 0.256 e. The van der Waals surface area contributed by atoms with Crippen molar-refractivity contribution in [3.05, 3.63) is 35.5 Å². The first-order chi connectivity index (χ1) is 11.2. The Bertz CT molecular complexity index is 785. The summed E-state index contributed by atoms with van der Waals surface area (Å²) in [5, 5.41) is 1.20. The molecule has 4 heteroatoms. The average molecular weight is 309 g/mol. The van der Waals surface area contributed by atoms with E-state index in [0.29, 0.717) is 12.0 Å². The summed E-state index contributed by atoms with van der Waals surface area (Å²) in [6.45, 7) is 7.35. The SMILES string of the molecule is Cc1cc2c3c(ccn3CCN(C3CN4CCC3CC4)C2=O)c1. The van der Waals surface area contributed by atoms with Crippen LogP contribution in [0.2, 0.25) is 0 Å². The quantitative estimate of drug-likeness (QED) is 0.810. The van der Waals surface area contributed by atoms with E-state index in [9.17, 15) is 4.79 Å². The van der Waals surface area contributed by atoms with Gasteiger partial charge in [0.05, 0.1) is 11.1 Å². The second-order valence-electron chi connectivity index (χ2n) is 7.46. The summed E-state index contributed by atoms with van der Waals surface area (Å²) in [4.78, 5) is 18.1. The summed E-state index contributed by atoms with van der Waals surface area (Å²) >= 11 is 0. The number of amides is 1. The highest BCUT2D eigenvalue weighted by atomic mass is 16.2. The fourth-order valence-corrected chi connectivity index (χ4v) is 4.92. The van der Waals surface area contributed by atoms with Crippen molar-refractivity contribution in [2.24, 2.45) is 5.92 Å². The van der Waals surface area contributed by atoms with E-state index >= 15 is 0 Å². The molecule has 1 aromatic heterocycles. The van der Waals surface area contributed by atoms with Crippen LogP contribution in [0.3, 0.4) is 0 Å². The monoisotopic (exact) mass is 309 g/mol. The van der Waals surface area contributed by atoms with E-state index in [4.69, 9.17) is 0 Å². The van der Waals surface area contributed by atoms with Crippen molar-refractivity contribution < 1.29 is 4.79 Å². The molecule has 4 aliphatic heterocycles. The van der Waals surface area contributed by atoms with Crippen LogP contribution >= 0.6 is 0 Å². The summed E-state index contributed by atoms with van der Waals surface area (Å²) in [6.07, 6.45) is 4.65. The van der Waals surface area contributed by atoms with Crippen LogP contribution in [-0.4, -0.2) is 52.5 Å². The number of fused-ring (bicyclic) bond motifs is 3. The lowest BCUT2D eigenvalue weighted by molar-refractivity contribution is 0.00727. The lowest BCUT2D eigenvalue weighted by atomic mass is 9.83. The molecule has 1 aromatic carbocycles. The van der Waals surface area contributed by atoms with Crippen molar-refractivity contribution in [3.8, 4) is 0 Å². The Morgan fingerprint density at radius 3 is 2.65 bits per heavy atom. The van der Waals surface area contributed by atoms with Gasteiger partial charge in [0.25, 0.3) is 5.91 Å². The van der Waals surface area contributed by atoms with Crippen LogP contribution in [0.5, 0.6) is 0 Å². The van der Waals surface area contributed by atoms with Crippen molar-refractivity contribution in [2.45, 2.75) is 32.4 Å². The third kappa shape index (κ3) is 1.97. The third-order valence-corrected chi connectivity index (χ3v) is 6.10. The zero-order chi connectivity index (χ0) is 15.6. The molecule has 0 aliphatic carbocycles. The molecule has 5 heterocycles. The molecule has 2 aromatic rings. The molecule has 1 unspecified atom stereocenters. The van der Waals surface area contributed by atoms with Gasteiger partial charge in [0.15, 0.2) is 0 Å². The number of hydrogen-bond donors (Lipinski definition) is 0. The predicted molar refractivity (Wildman–Crippen MR) is 90.7 cm³/mol. The van der Waals surface area contributed by atoms with Gasteiger partial charge in [0.1, 0.15) is 0 Å². The first-order valence-electron chi connectivity index (χ1n) is 8.83. The highest BCUT2D eigenvalue weighted by molar-refractivity contribution is 6.07. The maximum Gasteiger partial charge on any atom is 0.256 e. The highest BCUT2D eigenvalue weighted by Gasteiger charge is 2.40. The second-order valence-corrected chi connectivity index (χ2v) is 7.46. The molecule has 3 fully saturated rings. The molecular formula is C19H23N3O. The van der Waals surface area contributed by atoms with E-state index in [0.717, 1.165) is 30.7 Å². The maximum absolute atomic E-state index is 13.3. The number of nitrogens with zero attached hydrogens (tertiary/aromatic N) is 3. The van der Waals surface area contributed by atoms with Crippen LogP contribution in [0.4, 0.5) is 0 Å². The van der Waals surface area contributed by atoms with E-state index in [2.05, 4.69) is 45.7 Å². The largest absolute Gasteiger partial charge is 0.345 e. The van der Waals surface area contributed by atoms with Gasteiger partial charge in [0, 0.05) is 37.3 Å². The minimum absolute atomic E-state index is 0.245. The zero-order valence-corrected chi connectivity index (χ0v) is 13.7. The van der Waals surface area contributed by atoms with E-state index in [1.165, 1.54) is 36.9 Å². The summed E-state index contributed by atoms with van der Waals surface area (Å²) in [7, 11) is 0. The normalized spacial score (nSPS) is 30.0. The number of hydrogen-bond acceptors (Lipinski definition) is 2. The summed E-state index contributed by atoms with van der Waals surface area (Å²) in [5.41, 5.74) is 3.21. The van der Waals surface area contributed by atoms with E-state index < -0.39 is 0 Å². The van der Waals surface area contributed by atoms with Gasteiger partial charge in [-0.15, -0.1) is 0 Å². The lowest BCUT2D eigenvalue weighted by Crippen LogP contribution is -2.58. The van der Waals surface area contributed by atoms with Crippen LogP contribution < -0.4 is 0 Å². The summed E-state index contributed by atoms with van der Waals surface area (Å²) < 4.78 is 2.27. The van der Waals surface area contributed by atoms with Gasteiger partial charge in [-0.3, -0.25) is 4.79 Å². The summed E-state index contributed by atoms with van der Waals surface area (Å²) in [6, 6.07) is 6.82. The first kappa shape index (κ1) is 13.6. The molecule has 1 amide bonds. The number of carbonyl (C=O) groups is 1. The van der Waals surface area contributed by atoms with Gasteiger partial charge >= 0.3 is 0 Å². The van der Waals surface area contributed by atoms with Gasteiger partial charge in [-0.25, -0.2) is 0 Å². The van der Waals surface area contributed by atoms with Crippen molar-refractivity contribution in [1.82, 2.24) is 14.4 Å². The van der Waals surface area contributed by atoms with Crippen molar-refractivity contribution in [2.75, 3.05) is 26.2 Å². The lowest BCUT2D eigenvalue weighted by Gasteiger charge is -2.48. The predicted octanol–water partition coefficient (Wildman–Crippen LogP) is 2.50. The molecule has 6 rings (SSSR count). The second kappa shape index (κ2) is 4.84. The van der Waals surface area contributed by atoms with Gasteiger partial charge in [-0.05, 0) is 62.5 Å². The fraction of sp³-hybridized carbons (Fsp3) is 0.526. The molecule has 3 saturated heterocycles. The van der Waals surface area contributed by atoms with E-state index in [-0.39, 0.29) is 5.91 Å². The molecule has 120 valence electrons. The van der Waals surface area contributed by atoms with Crippen molar-refractivity contribution >= 4 is 16.8 Å². The van der Waals surface area contributed by atoms with E-state index in [1.807, 2.05) is 0 Å². The van der Waals surface area contributed by atoms with Gasteiger partial charge in [-0.1, -0.05) is 0 Å². The number of piperidine rings is 3. The Morgan fingerprint density at radius 2 is 1.91 bits per heavy atom. The van der Waals surface area contributed by atoms with Crippen LogP contribution in [0, 0.1) is 12.8 Å². The maximum atomic E-state index is 13.3. The first-order valence-corrected chi connectivity index (χ1v) is 8.83. The van der Waals surface area contributed by atoms with Crippen LogP contribution in [0.1, 0.15) is 28.8 Å². The number of aryl methyl sites for hydroxylation is 1. The van der Waals surface area contributed by atoms with Gasteiger partial charge in [-0.2, -0.15) is 0 Å². The Kier molecular flexibility index (Phi) is 2.87. The molecule has 4 nitrogen and oxygen atoms in total. The van der Waals surface area contributed by atoms with Crippen molar-refractivity contribution in [3.63, 3.8) is 0 Å². The Labute approximate surface area is 136 Å². The Hall–Kier alpha value is -1.81. The minimum atomic E-state index is 0.245. The molecule has 0 spiro atoms. The number of aromatic nitrogens is 1. The Balaban J connectivity index is 1.58. The van der Waals surface area contributed by atoms with Gasteiger partial charge in [0.2, 0.25) is 0 Å². The summed E-state index contributed by atoms with van der Waals surface area (Å²) in [5.74, 6) is 0.941. The molecule has 0 N–H and O–H groups in total. The molecule has 0 saturated carbocycles. The van der Waals surface area contributed by atoms with Crippen LogP contribution in [0.15, 0.2) is 24.4 Å². The fourth-order valence-electron chi connectivity index (χ4n) is 4.92. The van der Waals surface area contributed by atoms with Crippen LogP contribution in [-0.2, 0) is 6.54 Å². The molecule has 4 aliphatic rings. The third-order valence-electron chi connectivity index (χ3n) is 6.10. The topological polar surface area (TPSA) is 28.5 Å². The Morgan fingerprint density at radius 1 is 1.09 bits per heavy atom. The number of benzene rings is 1. The number of carbonyl (C=O) groups excluding carboxylic acids is 1. The van der Waals surface area contributed by atoms with E-state index in [1.54, 1.807) is 0 Å². The standard InChI is InChI=1S/C19H23N3O/c1-13-10-15-4-7-21-8-9-22(19(23)16(11-13)18(15)21)17-12-20-5-2-14(17)3-6-20/h4,7,10-11,14,17H,2-3,5-6,8-9,12H2,1H3. The van der Waals surface area contributed by atoms with Crippen LogP contribution in [0.25, 0.3) is 10.9 Å². The minimum Gasteiger partial charge on any atom is -0.345 e. The highest BCUT2D eigenvalue weighted by Crippen LogP contribution is 2.34. The average Bonchev–Trinajstić information content (AvgIpc) is 2.91. The zero-order valence-electron chi connectivity index (χ0n) is 13.7. The molecule has 0 radical (unpaired) electrons.